The van der Waals surface area contributed by atoms with Crippen LogP contribution in [0.4, 0.5) is 5.82 Å². The smallest absolute Gasteiger partial charge is 0.318 e. The van der Waals surface area contributed by atoms with E-state index in [1.165, 1.54) is 19.3 Å². The molecule has 1 aliphatic carbocycles. The van der Waals surface area contributed by atoms with E-state index in [-0.39, 0.29) is 17.1 Å². The Labute approximate surface area is 161 Å². The van der Waals surface area contributed by atoms with Gasteiger partial charge in [-0.1, -0.05) is 38.5 Å². The predicted octanol–water partition coefficient (Wildman–Crippen LogP) is 3.47. The number of thiol groups is 1. The quantitative estimate of drug-likeness (QED) is 0.773. The summed E-state index contributed by atoms with van der Waals surface area (Å²) in [4.78, 5) is 9.63. The molecule has 2 aromatic rings. The fourth-order valence-electron chi connectivity index (χ4n) is 2.67. The van der Waals surface area contributed by atoms with Gasteiger partial charge < -0.3 is 21.0 Å². The number of aromatic nitrogens is 2. The van der Waals surface area contributed by atoms with Crippen LogP contribution in [0.15, 0.2) is 41.4 Å². The van der Waals surface area contributed by atoms with Crippen LogP contribution in [0.1, 0.15) is 51.5 Å². The largest absolute Gasteiger partial charge is 0.460 e. The normalized spacial score (nSPS) is 13.3. The van der Waals surface area contributed by atoms with E-state index in [0.29, 0.717) is 12.6 Å². The molecular formula is C19H31N3O3S. The Kier molecular flexibility index (Phi) is 12.4. The number of anilines is 1. The van der Waals surface area contributed by atoms with Crippen molar-refractivity contribution in [3.63, 3.8) is 0 Å². The minimum atomic E-state index is 0. The number of hydrogen-bond acceptors (Lipinski definition) is 5. The van der Waals surface area contributed by atoms with Crippen LogP contribution in [-0.2, 0) is 6.54 Å². The van der Waals surface area contributed by atoms with Crippen LogP contribution in [0.5, 0.6) is 6.01 Å². The van der Waals surface area contributed by atoms with Gasteiger partial charge in [0.25, 0.3) is 0 Å². The summed E-state index contributed by atoms with van der Waals surface area (Å²) >= 11 is 4.45. The predicted molar refractivity (Wildman–Crippen MR) is 109 cm³/mol. The Morgan fingerprint density at radius 1 is 1.08 bits per heavy atom. The van der Waals surface area contributed by atoms with Crippen LogP contribution >= 0.6 is 12.6 Å². The van der Waals surface area contributed by atoms with Crippen LogP contribution < -0.4 is 10.1 Å². The zero-order valence-electron chi connectivity index (χ0n) is 15.5. The molecule has 0 aliphatic heterocycles. The average molecular weight is 382 g/mol. The van der Waals surface area contributed by atoms with Crippen molar-refractivity contribution in [3.05, 3.63) is 42.1 Å². The van der Waals surface area contributed by atoms with E-state index in [1.54, 1.807) is 6.20 Å². The molecule has 1 saturated carbocycles. The first-order valence-electron chi connectivity index (χ1n) is 8.82. The molecule has 1 aromatic heterocycles. The van der Waals surface area contributed by atoms with Gasteiger partial charge in [0.05, 0.1) is 0 Å². The van der Waals surface area contributed by atoms with Crippen molar-refractivity contribution >= 4 is 18.4 Å². The van der Waals surface area contributed by atoms with Crippen molar-refractivity contribution in [2.24, 2.45) is 0 Å². The standard InChI is InChI=1S/C17H21N3OS.C2H6.2H2O/c22-15-9-5-4-6-13(15)12-19-16-10-11-18-17(20-16)21-14-7-2-1-3-8-14;1-2;;/h4-6,9-11,14,22H,1-3,7-8,12H2,(H,18,19,20);1-2H3;2*1H2. The van der Waals surface area contributed by atoms with Gasteiger partial charge in [0.2, 0.25) is 0 Å². The van der Waals surface area contributed by atoms with Gasteiger partial charge in [-0.25, -0.2) is 4.98 Å². The third kappa shape index (κ3) is 7.59. The first-order valence-corrected chi connectivity index (χ1v) is 9.26. The summed E-state index contributed by atoms with van der Waals surface area (Å²) in [5, 5.41) is 3.30. The molecule has 1 aliphatic rings. The van der Waals surface area contributed by atoms with Crippen molar-refractivity contribution < 1.29 is 15.7 Å². The molecular weight excluding hydrogens is 350 g/mol. The Morgan fingerprint density at radius 2 is 1.77 bits per heavy atom. The Bertz CT molecular complexity index is 622. The molecule has 26 heavy (non-hydrogen) atoms. The van der Waals surface area contributed by atoms with Crippen molar-refractivity contribution in [2.75, 3.05) is 5.32 Å². The van der Waals surface area contributed by atoms with Gasteiger partial charge in [-0.2, -0.15) is 4.98 Å². The van der Waals surface area contributed by atoms with Crippen LogP contribution in [0.3, 0.4) is 0 Å². The lowest BCUT2D eigenvalue weighted by Crippen LogP contribution is -2.20. The minimum absolute atomic E-state index is 0. The van der Waals surface area contributed by atoms with Crippen molar-refractivity contribution in [3.8, 4) is 6.01 Å². The third-order valence-electron chi connectivity index (χ3n) is 3.91. The average Bonchev–Trinajstić information content (AvgIpc) is 2.64. The van der Waals surface area contributed by atoms with Crippen molar-refractivity contribution in [2.45, 2.75) is 63.5 Å². The molecule has 0 amide bonds. The number of ether oxygens (including phenoxy) is 1. The second-order valence-electron chi connectivity index (χ2n) is 5.58. The van der Waals surface area contributed by atoms with Gasteiger partial charge in [0.15, 0.2) is 0 Å². The molecule has 0 atom stereocenters. The number of hydrogen-bond donors (Lipinski definition) is 2. The zero-order chi connectivity index (χ0) is 17.2. The van der Waals surface area contributed by atoms with Gasteiger partial charge >= 0.3 is 6.01 Å². The molecule has 3 rings (SSSR count). The molecule has 1 aromatic carbocycles. The van der Waals surface area contributed by atoms with Gasteiger partial charge in [0.1, 0.15) is 11.9 Å². The first-order chi connectivity index (χ1) is 11.8. The molecule has 6 nitrogen and oxygen atoms in total. The third-order valence-corrected chi connectivity index (χ3v) is 4.35. The Morgan fingerprint density at radius 3 is 2.46 bits per heavy atom. The van der Waals surface area contributed by atoms with E-state index in [0.717, 1.165) is 29.1 Å². The highest BCUT2D eigenvalue weighted by Gasteiger charge is 2.16. The first kappa shape index (κ1) is 24.2. The summed E-state index contributed by atoms with van der Waals surface area (Å²) in [5.41, 5.74) is 1.14. The number of rotatable bonds is 5. The number of benzene rings is 1. The maximum atomic E-state index is 5.89. The topological polar surface area (TPSA) is 110 Å². The van der Waals surface area contributed by atoms with Gasteiger partial charge in [0, 0.05) is 17.6 Å². The van der Waals surface area contributed by atoms with Crippen LogP contribution in [0, 0.1) is 0 Å². The molecule has 0 radical (unpaired) electrons. The van der Waals surface area contributed by atoms with Gasteiger partial charge in [-0.05, 0) is 43.4 Å². The van der Waals surface area contributed by atoms with Crippen LogP contribution in [-0.4, -0.2) is 27.0 Å². The molecule has 0 saturated heterocycles. The number of nitrogens with zero attached hydrogens (tertiary/aromatic N) is 2. The van der Waals surface area contributed by atoms with Crippen molar-refractivity contribution in [1.29, 1.82) is 0 Å². The van der Waals surface area contributed by atoms with E-state index in [4.69, 9.17) is 4.74 Å². The van der Waals surface area contributed by atoms with E-state index >= 15 is 0 Å². The molecule has 1 fully saturated rings. The Hall–Kier alpha value is -1.83. The van der Waals surface area contributed by atoms with Crippen LogP contribution in [0.25, 0.3) is 0 Å². The zero-order valence-corrected chi connectivity index (χ0v) is 16.4. The van der Waals surface area contributed by atoms with Crippen molar-refractivity contribution in [1.82, 2.24) is 9.97 Å². The second-order valence-corrected chi connectivity index (χ2v) is 6.07. The highest BCUT2D eigenvalue weighted by molar-refractivity contribution is 7.80. The van der Waals surface area contributed by atoms with E-state index in [9.17, 15) is 0 Å². The van der Waals surface area contributed by atoms with E-state index in [2.05, 4.69) is 34.0 Å². The Balaban J connectivity index is 0.00000151. The second kappa shape index (κ2) is 13.4. The maximum Gasteiger partial charge on any atom is 0.318 e. The lowest BCUT2D eigenvalue weighted by atomic mass is 9.98. The lowest BCUT2D eigenvalue weighted by Gasteiger charge is -2.21. The summed E-state index contributed by atoms with van der Waals surface area (Å²) in [6.07, 6.45) is 8.00. The SMILES string of the molecule is CC.O.O.Sc1ccccc1CNc1ccnc(OC2CCCCC2)n1. The molecule has 0 bridgehead atoms. The molecule has 1 heterocycles. The van der Waals surface area contributed by atoms with E-state index < -0.39 is 0 Å². The van der Waals surface area contributed by atoms with E-state index in [1.807, 2.05) is 38.1 Å². The summed E-state index contributed by atoms with van der Waals surface area (Å²) < 4.78 is 5.89. The minimum Gasteiger partial charge on any atom is -0.460 e. The lowest BCUT2D eigenvalue weighted by molar-refractivity contribution is 0.142. The maximum absolute atomic E-state index is 5.89. The fraction of sp³-hybridized carbons (Fsp3) is 0.474. The summed E-state index contributed by atoms with van der Waals surface area (Å²) in [7, 11) is 0. The summed E-state index contributed by atoms with van der Waals surface area (Å²) in [6.45, 7) is 4.68. The fourth-order valence-corrected chi connectivity index (χ4v) is 2.91. The monoisotopic (exact) mass is 381 g/mol. The molecule has 5 N–H and O–H groups in total. The highest BCUT2D eigenvalue weighted by atomic mass is 32.1. The van der Waals surface area contributed by atoms with Gasteiger partial charge in [-0.3, -0.25) is 0 Å². The number of nitrogens with one attached hydrogen (secondary N) is 1. The molecule has 0 spiro atoms. The summed E-state index contributed by atoms with van der Waals surface area (Å²) in [6, 6.07) is 10.3. The molecule has 146 valence electrons. The molecule has 0 unspecified atom stereocenters. The van der Waals surface area contributed by atoms with Crippen LogP contribution in [0.2, 0.25) is 0 Å². The molecule has 7 heteroatoms. The summed E-state index contributed by atoms with van der Waals surface area (Å²) in [5.74, 6) is 0.775. The van der Waals surface area contributed by atoms with Gasteiger partial charge in [-0.15, -0.1) is 12.6 Å². The highest BCUT2D eigenvalue weighted by Crippen LogP contribution is 2.22.